The molecule has 0 bridgehead atoms. The molecule has 5 heteroatoms. The fourth-order valence-electron chi connectivity index (χ4n) is 1.67. The van der Waals surface area contributed by atoms with Crippen molar-refractivity contribution in [3.8, 4) is 0 Å². The SMILES string of the molecule is CCC(OCc1ccc(Br)cc1)c1nc(CCl)cs1. The summed E-state index contributed by atoms with van der Waals surface area (Å²) in [5.41, 5.74) is 2.09. The van der Waals surface area contributed by atoms with Crippen molar-refractivity contribution in [1.29, 1.82) is 0 Å². The minimum atomic E-state index is 0.0469. The number of ether oxygens (including phenoxy) is 1. The molecule has 1 unspecified atom stereocenters. The Morgan fingerprint density at radius 2 is 2.11 bits per heavy atom. The van der Waals surface area contributed by atoms with E-state index in [1.54, 1.807) is 11.3 Å². The van der Waals surface area contributed by atoms with Gasteiger partial charge in [0.05, 0.1) is 18.2 Å². The zero-order chi connectivity index (χ0) is 13.7. The molecule has 0 aliphatic heterocycles. The summed E-state index contributed by atoms with van der Waals surface area (Å²) in [6.07, 6.45) is 0.955. The zero-order valence-corrected chi connectivity index (χ0v) is 13.8. The molecule has 0 amide bonds. The fraction of sp³-hybridized carbons (Fsp3) is 0.357. The molecule has 2 nitrogen and oxygen atoms in total. The van der Waals surface area contributed by atoms with Crippen LogP contribution in [0.4, 0.5) is 0 Å². The lowest BCUT2D eigenvalue weighted by Gasteiger charge is -2.13. The standard InChI is InChI=1S/C14H15BrClNOS/c1-2-13(14-17-12(7-16)9-19-14)18-8-10-3-5-11(15)6-4-10/h3-6,9,13H,2,7-8H2,1H3. The Kier molecular flexibility index (Phi) is 5.82. The third kappa shape index (κ3) is 4.28. The number of hydrogen-bond acceptors (Lipinski definition) is 3. The van der Waals surface area contributed by atoms with Gasteiger partial charge in [0, 0.05) is 9.85 Å². The number of benzene rings is 1. The Morgan fingerprint density at radius 1 is 1.37 bits per heavy atom. The molecule has 0 fully saturated rings. The number of thiazole rings is 1. The van der Waals surface area contributed by atoms with Crippen molar-refractivity contribution in [3.63, 3.8) is 0 Å². The summed E-state index contributed by atoms with van der Waals surface area (Å²) in [7, 11) is 0. The third-order valence-corrected chi connectivity index (χ3v) is 4.51. The van der Waals surface area contributed by atoms with Crippen LogP contribution in [0.2, 0.25) is 0 Å². The summed E-state index contributed by atoms with van der Waals surface area (Å²) >= 11 is 10.8. The molecule has 0 aliphatic rings. The van der Waals surface area contributed by atoms with E-state index in [1.807, 2.05) is 17.5 Å². The van der Waals surface area contributed by atoms with Crippen LogP contribution in [0.25, 0.3) is 0 Å². The van der Waals surface area contributed by atoms with Crippen LogP contribution in [-0.4, -0.2) is 4.98 Å². The molecule has 0 N–H and O–H groups in total. The second-order valence-corrected chi connectivity index (χ2v) is 6.22. The molecule has 2 rings (SSSR count). The zero-order valence-electron chi connectivity index (χ0n) is 10.6. The van der Waals surface area contributed by atoms with Gasteiger partial charge in [-0.05, 0) is 24.1 Å². The van der Waals surface area contributed by atoms with Crippen molar-refractivity contribution in [2.45, 2.75) is 31.9 Å². The number of rotatable bonds is 6. The number of nitrogens with zero attached hydrogens (tertiary/aromatic N) is 1. The summed E-state index contributed by atoms with van der Waals surface area (Å²) in [6, 6.07) is 8.16. The van der Waals surface area contributed by atoms with Crippen LogP contribution in [0, 0.1) is 0 Å². The first-order chi connectivity index (χ1) is 9.22. The topological polar surface area (TPSA) is 22.1 Å². The number of aromatic nitrogens is 1. The summed E-state index contributed by atoms with van der Waals surface area (Å²) in [5, 5.41) is 3.00. The van der Waals surface area contributed by atoms with Crippen molar-refractivity contribution in [3.05, 3.63) is 50.4 Å². The van der Waals surface area contributed by atoms with Gasteiger partial charge in [-0.3, -0.25) is 0 Å². The number of hydrogen-bond donors (Lipinski definition) is 0. The predicted octanol–water partition coefficient (Wildman–Crippen LogP) is 5.31. The number of halogens is 2. The Morgan fingerprint density at radius 3 is 2.68 bits per heavy atom. The average Bonchev–Trinajstić information content (AvgIpc) is 2.90. The first-order valence-electron chi connectivity index (χ1n) is 6.09. The van der Waals surface area contributed by atoms with Crippen molar-refractivity contribution in [2.24, 2.45) is 0 Å². The lowest BCUT2D eigenvalue weighted by Crippen LogP contribution is -2.03. The van der Waals surface area contributed by atoms with Crippen LogP contribution in [0.5, 0.6) is 0 Å². The Labute approximate surface area is 130 Å². The molecule has 0 radical (unpaired) electrons. The molecule has 0 saturated carbocycles. The molecular weight excluding hydrogens is 346 g/mol. The monoisotopic (exact) mass is 359 g/mol. The summed E-state index contributed by atoms with van der Waals surface area (Å²) in [4.78, 5) is 4.48. The first-order valence-corrected chi connectivity index (χ1v) is 8.30. The van der Waals surface area contributed by atoms with Crippen molar-refractivity contribution in [2.75, 3.05) is 0 Å². The quantitative estimate of drug-likeness (QED) is 0.651. The van der Waals surface area contributed by atoms with Gasteiger partial charge in [-0.15, -0.1) is 22.9 Å². The molecule has 1 heterocycles. The highest BCUT2D eigenvalue weighted by Crippen LogP contribution is 2.26. The molecule has 0 aliphatic carbocycles. The first kappa shape index (κ1) is 15.0. The van der Waals surface area contributed by atoms with Crippen LogP contribution < -0.4 is 0 Å². The van der Waals surface area contributed by atoms with Crippen molar-refractivity contribution >= 4 is 38.9 Å². The Bertz CT molecular complexity index is 514. The van der Waals surface area contributed by atoms with Gasteiger partial charge in [0.1, 0.15) is 11.1 Å². The average molecular weight is 361 g/mol. The molecule has 1 aromatic heterocycles. The van der Waals surface area contributed by atoms with Gasteiger partial charge in [-0.25, -0.2) is 4.98 Å². The molecule has 1 atom stereocenters. The molecule has 19 heavy (non-hydrogen) atoms. The van der Waals surface area contributed by atoms with Crippen LogP contribution in [-0.2, 0) is 17.2 Å². The maximum Gasteiger partial charge on any atom is 0.122 e. The van der Waals surface area contributed by atoms with E-state index in [1.165, 1.54) is 0 Å². The van der Waals surface area contributed by atoms with Crippen LogP contribution >= 0.6 is 38.9 Å². The lowest BCUT2D eigenvalue weighted by atomic mass is 10.2. The van der Waals surface area contributed by atoms with Crippen LogP contribution in [0.15, 0.2) is 34.1 Å². The maximum absolute atomic E-state index is 5.95. The molecular formula is C14H15BrClNOS. The largest absolute Gasteiger partial charge is 0.366 e. The van der Waals surface area contributed by atoms with Crippen LogP contribution in [0.1, 0.15) is 35.7 Å². The molecule has 1 aromatic carbocycles. The maximum atomic E-state index is 5.95. The van der Waals surface area contributed by atoms with Gasteiger partial charge in [-0.2, -0.15) is 0 Å². The molecule has 0 spiro atoms. The van der Waals surface area contributed by atoms with Gasteiger partial charge in [0.2, 0.25) is 0 Å². The second-order valence-electron chi connectivity index (χ2n) is 4.15. The highest BCUT2D eigenvalue weighted by atomic mass is 79.9. The minimum absolute atomic E-state index is 0.0469. The van der Waals surface area contributed by atoms with E-state index in [0.29, 0.717) is 12.5 Å². The van der Waals surface area contributed by atoms with E-state index < -0.39 is 0 Å². The highest BCUT2D eigenvalue weighted by Gasteiger charge is 2.14. The van der Waals surface area contributed by atoms with E-state index in [2.05, 4.69) is 40.0 Å². The Hall–Kier alpha value is -0.420. The van der Waals surface area contributed by atoms with E-state index in [9.17, 15) is 0 Å². The van der Waals surface area contributed by atoms with E-state index >= 15 is 0 Å². The third-order valence-electron chi connectivity index (χ3n) is 2.72. The second kappa shape index (κ2) is 7.39. The van der Waals surface area contributed by atoms with Gasteiger partial charge < -0.3 is 4.74 Å². The smallest absolute Gasteiger partial charge is 0.122 e. The van der Waals surface area contributed by atoms with E-state index in [0.717, 1.165) is 27.2 Å². The minimum Gasteiger partial charge on any atom is -0.366 e. The molecule has 102 valence electrons. The summed E-state index contributed by atoms with van der Waals surface area (Å²) in [6.45, 7) is 2.70. The van der Waals surface area contributed by atoms with Gasteiger partial charge in [0.25, 0.3) is 0 Å². The highest BCUT2D eigenvalue weighted by molar-refractivity contribution is 9.10. The van der Waals surface area contributed by atoms with Crippen molar-refractivity contribution < 1.29 is 4.74 Å². The van der Waals surface area contributed by atoms with Gasteiger partial charge in [0.15, 0.2) is 0 Å². The number of alkyl halides is 1. The lowest BCUT2D eigenvalue weighted by molar-refractivity contribution is 0.0369. The van der Waals surface area contributed by atoms with Gasteiger partial charge >= 0.3 is 0 Å². The van der Waals surface area contributed by atoms with E-state index in [-0.39, 0.29) is 6.10 Å². The molecule has 0 saturated heterocycles. The fourth-order valence-corrected chi connectivity index (χ4v) is 3.12. The Balaban J connectivity index is 1.97. The van der Waals surface area contributed by atoms with E-state index in [4.69, 9.17) is 16.3 Å². The van der Waals surface area contributed by atoms with Crippen LogP contribution in [0.3, 0.4) is 0 Å². The summed E-state index contributed by atoms with van der Waals surface area (Å²) < 4.78 is 7.03. The predicted molar refractivity (Wildman–Crippen MR) is 83.6 cm³/mol. The summed E-state index contributed by atoms with van der Waals surface area (Å²) in [5.74, 6) is 0.458. The molecule has 2 aromatic rings. The normalized spacial score (nSPS) is 12.6. The van der Waals surface area contributed by atoms with Crippen molar-refractivity contribution in [1.82, 2.24) is 4.98 Å². The van der Waals surface area contributed by atoms with Gasteiger partial charge in [-0.1, -0.05) is 35.0 Å².